The molecule has 5 N–H and O–H groups in total. The number of para-hydroxylation sites is 1. The Kier molecular flexibility index (Phi) is 8.72. The summed E-state index contributed by atoms with van der Waals surface area (Å²) in [7, 11) is -3.33. The van der Waals surface area contributed by atoms with Crippen LogP contribution in [0.25, 0.3) is 0 Å². The summed E-state index contributed by atoms with van der Waals surface area (Å²) in [5, 5.41) is 2.64. The third-order valence-corrected chi connectivity index (χ3v) is 2.93. The summed E-state index contributed by atoms with van der Waals surface area (Å²) < 4.78 is 36.6. The number of anilines is 1. The lowest BCUT2D eigenvalue weighted by atomic mass is 9.85. The zero-order valence-corrected chi connectivity index (χ0v) is 14.4. The number of ether oxygens (including phenoxy) is 1. The van der Waals surface area contributed by atoms with Crippen LogP contribution < -0.4 is 11.1 Å². The quantitative estimate of drug-likeness (QED) is 0.422. The number of benzene rings is 1. The standard InChI is InChI=1S/C14H20N2O3.H2O4S/c1-14(2,9-15)12(17)11(19-3)13(18)16-10-7-5-4-6-8-10;1-5(2,3)4/h4-8,11H,9,15H2,1-3H3,(H,16,18);(H2,1,2,3,4). The molecule has 0 bridgehead atoms. The van der Waals surface area contributed by atoms with Gasteiger partial charge in [0.1, 0.15) is 0 Å². The maximum Gasteiger partial charge on any atom is 0.394 e. The Balaban J connectivity index is 0.000000922. The molecule has 0 radical (unpaired) electrons. The molecule has 9 nitrogen and oxygen atoms in total. The molecule has 0 spiro atoms. The molecule has 0 aliphatic carbocycles. The lowest BCUT2D eigenvalue weighted by Crippen LogP contribution is -2.46. The second-order valence-corrected chi connectivity index (χ2v) is 6.27. The van der Waals surface area contributed by atoms with Gasteiger partial charge in [0.15, 0.2) is 11.9 Å². The summed E-state index contributed by atoms with van der Waals surface area (Å²) in [6.07, 6.45) is -1.15. The SMILES string of the molecule is COC(C(=O)Nc1ccccc1)C(=O)C(C)(C)CN.O=S(=O)(O)O. The Labute approximate surface area is 140 Å². The van der Waals surface area contributed by atoms with Gasteiger partial charge in [0, 0.05) is 24.8 Å². The smallest absolute Gasteiger partial charge is 0.364 e. The Bertz CT molecular complexity index is 636. The number of hydrogen-bond donors (Lipinski definition) is 4. The Morgan fingerprint density at radius 3 is 2.08 bits per heavy atom. The van der Waals surface area contributed by atoms with Gasteiger partial charge in [0.25, 0.3) is 5.91 Å². The zero-order valence-electron chi connectivity index (χ0n) is 13.6. The number of Topliss-reactive ketones (excluding diaryl/α,β-unsaturated/α-hetero) is 1. The number of methoxy groups -OCH3 is 1. The number of nitrogens with two attached hydrogens (primary N) is 1. The first-order valence-electron chi connectivity index (χ1n) is 6.75. The van der Waals surface area contributed by atoms with E-state index in [4.69, 9.17) is 28.0 Å². The summed E-state index contributed by atoms with van der Waals surface area (Å²) in [4.78, 5) is 24.2. The highest BCUT2D eigenvalue weighted by Crippen LogP contribution is 2.19. The minimum absolute atomic E-state index is 0.157. The fourth-order valence-corrected chi connectivity index (χ4v) is 1.52. The van der Waals surface area contributed by atoms with Crippen molar-refractivity contribution >= 4 is 27.8 Å². The molecule has 10 heteroatoms. The van der Waals surface area contributed by atoms with Crippen molar-refractivity contribution in [2.75, 3.05) is 19.0 Å². The van der Waals surface area contributed by atoms with E-state index >= 15 is 0 Å². The highest BCUT2D eigenvalue weighted by Gasteiger charge is 2.37. The lowest BCUT2D eigenvalue weighted by molar-refractivity contribution is -0.144. The maximum atomic E-state index is 12.2. The van der Waals surface area contributed by atoms with E-state index in [1.54, 1.807) is 38.1 Å². The van der Waals surface area contributed by atoms with Gasteiger partial charge in [-0.15, -0.1) is 0 Å². The number of carbonyl (C=O) groups is 2. The van der Waals surface area contributed by atoms with Gasteiger partial charge in [-0.25, -0.2) is 0 Å². The van der Waals surface area contributed by atoms with Crippen LogP contribution in [0, 0.1) is 5.41 Å². The molecule has 0 aromatic heterocycles. The van der Waals surface area contributed by atoms with Crippen LogP contribution in [0.5, 0.6) is 0 Å². The average Bonchev–Trinajstić information content (AvgIpc) is 2.47. The van der Waals surface area contributed by atoms with Crippen LogP contribution in [0.2, 0.25) is 0 Å². The number of ketones is 1. The van der Waals surface area contributed by atoms with E-state index in [-0.39, 0.29) is 12.3 Å². The second kappa shape index (κ2) is 9.45. The first-order chi connectivity index (χ1) is 10.9. The predicted molar refractivity (Wildman–Crippen MR) is 87.9 cm³/mol. The minimum Gasteiger partial charge on any atom is -0.364 e. The van der Waals surface area contributed by atoms with Crippen LogP contribution in [0.1, 0.15) is 13.8 Å². The van der Waals surface area contributed by atoms with Crippen LogP contribution >= 0.6 is 0 Å². The summed E-state index contributed by atoms with van der Waals surface area (Å²) in [5.41, 5.74) is 5.37. The molecule has 0 heterocycles. The topological polar surface area (TPSA) is 156 Å². The van der Waals surface area contributed by atoms with Crippen molar-refractivity contribution in [3.8, 4) is 0 Å². The van der Waals surface area contributed by atoms with Crippen molar-refractivity contribution in [3.63, 3.8) is 0 Å². The van der Waals surface area contributed by atoms with Crippen LogP contribution in [-0.2, 0) is 24.7 Å². The number of nitrogens with one attached hydrogen (secondary N) is 1. The molecule has 1 aromatic carbocycles. The lowest BCUT2D eigenvalue weighted by Gasteiger charge is -2.25. The normalized spacial score (nSPS) is 12.6. The van der Waals surface area contributed by atoms with Crippen molar-refractivity contribution < 1.29 is 31.8 Å². The van der Waals surface area contributed by atoms with Crippen LogP contribution in [0.3, 0.4) is 0 Å². The molecule has 0 fully saturated rings. The average molecular weight is 362 g/mol. The summed E-state index contributed by atoms with van der Waals surface area (Å²) in [6.45, 7) is 3.54. The molecule has 0 aliphatic rings. The van der Waals surface area contributed by atoms with Crippen LogP contribution in [0.15, 0.2) is 30.3 Å². The minimum atomic E-state index is -4.67. The van der Waals surface area contributed by atoms with E-state index in [2.05, 4.69) is 5.32 Å². The number of carbonyl (C=O) groups excluding carboxylic acids is 2. The third kappa shape index (κ3) is 8.70. The maximum absolute atomic E-state index is 12.2. The highest BCUT2D eigenvalue weighted by molar-refractivity contribution is 7.79. The molecule has 0 aliphatic heterocycles. The van der Waals surface area contributed by atoms with Gasteiger partial charge in [0.05, 0.1) is 0 Å². The summed E-state index contributed by atoms with van der Waals surface area (Å²) >= 11 is 0. The third-order valence-electron chi connectivity index (χ3n) is 2.93. The van der Waals surface area contributed by atoms with Gasteiger partial charge in [0.2, 0.25) is 0 Å². The fourth-order valence-electron chi connectivity index (χ4n) is 1.52. The van der Waals surface area contributed by atoms with Crippen molar-refractivity contribution in [3.05, 3.63) is 30.3 Å². The van der Waals surface area contributed by atoms with E-state index in [1.807, 2.05) is 6.07 Å². The molecule has 0 saturated heterocycles. The Morgan fingerprint density at radius 1 is 1.25 bits per heavy atom. The molecule has 1 rings (SSSR count). The van der Waals surface area contributed by atoms with E-state index in [1.165, 1.54) is 7.11 Å². The first kappa shape index (κ1) is 22.1. The van der Waals surface area contributed by atoms with Crippen LogP contribution in [-0.4, -0.2) is 49.0 Å². The molecular formula is C14H22N2O7S. The monoisotopic (exact) mass is 362 g/mol. The van der Waals surface area contributed by atoms with Gasteiger partial charge in [-0.3, -0.25) is 18.7 Å². The van der Waals surface area contributed by atoms with E-state index in [0.717, 1.165) is 0 Å². The van der Waals surface area contributed by atoms with Crippen molar-refractivity contribution in [1.82, 2.24) is 0 Å². The van der Waals surface area contributed by atoms with Crippen molar-refractivity contribution in [1.29, 1.82) is 0 Å². The largest absolute Gasteiger partial charge is 0.394 e. The van der Waals surface area contributed by atoms with Crippen LogP contribution in [0.4, 0.5) is 5.69 Å². The summed E-state index contributed by atoms with van der Waals surface area (Å²) in [5.74, 6) is -0.814. The molecule has 1 aromatic rings. The molecule has 136 valence electrons. The molecule has 1 atom stereocenters. The molecule has 0 saturated carbocycles. The molecule has 1 unspecified atom stereocenters. The fraction of sp³-hybridized carbons (Fsp3) is 0.429. The number of hydrogen-bond acceptors (Lipinski definition) is 6. The van der Waals surface area contributed by atoms with Gasteiger partial charge in [-0.2, -0.15) is 8.42 Å². The first-order valence-corrected chi connectivity index (χ1v) is 8.15. The van der Waals surface area contributed by atoms with E-state index < -0.39 is 27.8 Å². The highest BCUT2D eigenvalue weighted by atomic mass is 32.3. The summed E-state index contributed by atoms with van der Waals surface area (Å²) in [6, 6.07) is 8.91. The molecule has 1 amide bonds. The Morgan fingerprint density at radius 2 is 1.71 bits per heavy atom. The van der Waals surface area contributed by atoms with Gasteiger partial charge >= 0.3 is 10.4 Å². The van der Waals surface area contributed by atoms with Gasteiger partial charge in [-0.1, -0.05) is 32.0 Å². The van der Waals surface area contributed by atoms with Gasteiger partial charge < -0.3 is 15.8 Å². The number of rotatable bonds is 6. The van der Waals surface area contributed by atoms with Crippen molar-refractivity contribution in [2.45, 2.75) is 20.0 Å². The molecule has 24 heavy (non-hydrogen) atoms. The molecular weight excluding hydrogens is 340 g/mol. The Hall–Kier alpha value is -1.85. The van der Waals surface area contributed by atoms with Gasteiger partial charge in [-0.05, 0) is 12.1 Å². The van der Waals surface area contributed by atoms with Crippen molar-refractivity contribution in [2.24, 2.45) is 11.1 Å². The number of amides is 1. The second-order valence-electron chi connectivity index (χ2n) is 5.37. The van der Waals surface area contributed by atoms with E-state index in [9.17, 15) is 9.59 Å². The zero-order chi connectivity index (χ0) is 19.0. The predicted octanol–water partition coefficient (Wildman–Crippen LogP) is 0.541. The van der Waals surface area contributed by atoms with E-state index in [0.29, 0.717) is 5.69 Å².